The van der Waals surface area contributed by atoms with Crippen molar-refractivity contribution in [2.24, 2.45) is 0 Å². The normalized spacial score (nSPS) is 10.6. The molecule has 16 heavy (non-hydrogen) atoms. The van der Waals surface area contributed by atoms with Gasteiger partial charge in [-0.3, -0.25) is 4.98 Å². The molecule has 2 heterocycles. The number of hydrogen-bond donors (Lipinski definition) is 0. The van der Waals surface area contributed by atoms with Crippen LogP contribution in [0.2, 0.25) is 0 Å². The van der Waals surface area contributed by atoms with E-state index in [1.807, 2.05) is 12.1 Å². The van der Waals surface area contributed by atoms with Crippen molar-refractivity contribution in [1.29, 1.82) is 0 Å². The zero-order valence-corrected chi connectivity index (χ0v) is 10.7. The lowest BCUT2D eigenvalue weighted by molar-refractivity contribution is 0.378. The van der Waals surface area contributed by atoms with Crippen LogP contribution in [0.15, 0.2) is 27.3 Å². The average molecular weight is 303 g/mol. The molecule has 0 aliphatic rings. The van der Waals surface area contributed by atoms with Gasteiger partial charge in [-0.15, -0.1) is 11.6 Å². The molecule has 0 radical (unpaired) electrons. The Bertz CT molecular complexity index is 457. The lowest BCUT2D eigenvalue weighted by atomic mass is 10.3. The molecule has 0 aliphatic heterocycles. The predicted octanol–water partition coefficient (Wildman–Crippen LogP) is 3.07. The Labute approximate surface area is 106 Å². The fourth-order valence-electron chi connectivity index (χ4n) is 1.19. The van der Waals surface area contributed by atoms with E-state index in [1.54, 1.807) is 6.20 Å². The zero-order valence-electron chi connectivity index (χ0n) is 8.36. The maximum Gasteiger partial charge on any atom is 0.227 e. The fraction of sp³-hybridized carbons (Fsp3) is 0.300. The predicted molar refractivity (Wildman–Crippen MR) is 64.3 cm³/mol. The van der Waals surface area contributed by atoms with Crippen molar-refractivity contribution in [2.45, 2.75) is 12.8 Å². The Hall–Kier alpha value is -0.940. The van der Waals surface area contributed by atoms with Crippen LogP contribution < -0.4 is 0 Å². The van der Waals surface area contributed by atoms with E-state index in [0.29, 0.717) is 29.7 Å². The first-order valence-electron chi connectivity index (χ1n) is 4.80. The number of pyridine rings is 1. The third-order valence-corrected chi connectivity index (χ3v) is 2.69. The Morgan fingerprint density at radius 2 is 2.25 bits per heavy atom. The first-order chi connectivity index (χ1) is 7.79. The van der Waals surface area contributed by atoms with Gasteiger partial charge in [0.25, 0.3) is 0 Å². The molecule has 0 atom stereocenters. The largest absolute Gasteiger partial charge is 0.339 e. The summed E-state index contributed by atoms with van der Waals surface area (Å²) >= 11 is 8.90. The van der Waals surface area contributed by atoms with E-state index in [9.17, 15) is 0 Å². The molecule has 0 unspecified atom stereocenters. The van der Waals surface area contributed by atoms with E-state index in [4.69, 9.17) is 16.1 Å². The summed E-state index contributed by atoms with van der Waals surface area (Å²) in [4.78, 5) is 8.42. The Kier molecular flexibility index (Phi) is 3.90. The molecule has 0 bridgehead atoms. The van der Waals surface area contributed by atoms with Crippen LogP contribution in [-0.4, -0.2) is 21.0 Å². The molecule has 0 aromatic carbocycles. The van der Waals surface area contributed by atoms with Crippen LogP contribution in [0.1, 0.15) is 12.3 Å². The monoisotopic (exact) mass is 301 g/mol. The third-order valence-electron chi connectivity index (χ3n) is 1.95. The summed E-state index contributed by atoms with van der Waals surface area (Å²) in [6.45, 7) is 0. The van der Waals surface area contributed by atoms with E-state index in [-0.39, 0.29) is 0 Å². The Balaban J connectivity index is 2.15. The van der Waals surface area contributed by atoms with Gasteiger partial charge < -0.3 is 4.52 Å². The third kappa shape index (κ3) is 2.80. The number of aryl methyl sites for hydroxylation is 1. The van der Waals surface area contributed by atoms with Crippen molar-refractivity contribution in [3.63, 3.8) is 0 Å². The maximum absolute atomic E-state index is 5.59. The van der Waals surface area contributed by atoms with Gasteiger partial charge in [0.1, 0.15) is 5.69 Å². The summed E-state index contributed by atoms with van der Waals surface area (Å²) in [5.41, 5.74) is 0.698. The summed E-state index contributed by atoms with van der Waals surface area (Å²) < 4.78 is 6.00. The SMILES string of the molecule is ClCCCc1nc(-c2ccc(Br)cn2)no1. The fourth-order valence-corrected chi connectivity index (χ4v) is 1.55. The van der Waals surface area contributed by atoms with Crippen molar-refractivity contribution >= 4 is 27.5 Å². The standard InChI is InChI=1S/C10H9BrClN3O/c11-7-3-4-8(13-6-7)10-14-9(16-15-10)2-1-5-12/h3-4,6H,1-2,5H2. The van der Waals surface area contributed by atoms with Crippen LogP contribution in [0.5, 0.6) is 0 Å². The summed E-state index contributed by atoms with van der Waals surface area (Å²) in [7, 11) is 0. The molecule has 0 saturated heterocycles. The summed E-state index contributed by atoms with van der Waals surface area (Å²) in [5, 5.41) is 3.86. The van der Waals surface area contributed by atoms with Crippen LogP contribution in [-0.2, 0) is 6.42 Å². The Morgan fingerprint density at radius 1 is 1.38 bits per heavy atom. The highest BCUT2D eigenvalue weighted by atomic mass is 79.9. The molecule has 2 aromatic heterocycles. The molecule has 4 nitrogen and oxygen atoms in total. The maximum atomic E-state index is 5.59. The van der Waals surface area contributed by atoms with Gasteiger partial charge in [-0.05, 0) is 34.5 Å². The second-order valence-electron chi connectivity index (χ2n) is 3.17. The molecule has 0 N–H and O–H groups in total. The molecule has 0 aliphatic carbocycles. The van der Waals surface area contributed by atoms with Crippen LogP contribution in [0, 0.1) is 0 Å². The number of hydrogen-bond acceptors (Lipinski definition) is 4. The topological polar surface area (TPSA) is 51.8 Å². The summed E-state index contributed by atoms with van der Waals surface area (Å²) in [6.07, 6.45) is 3.23. The van der Waals surface area contributed by atoms with E-state index >= 15 is 0 Å². The molecule has 6 heteroatoms. The molecule has 0 saturated carbocycles. The van der Waals surface area contributed by atoms with E-state index in [1.165, 1.54) is 0 Å². The highest BCUT2D eigenvalue weighted by molar-refractivity contribution is 9.10. The average Bonchev–Trinajstić information content (AvgIpc) is 2.76. The van der Waals surface area contributed by atoms with Gasteiger partial charge in [0.15, 0.2) is 0 Å². The quantitative estimate of drug-likeness (QED) is 0.815. The number of halogens is 2. The summed E-state index contributed by atoms with van der Waals surface area (Å²) in [6, 6.07) is 3.72. The van der Waals surface area contributed by atoms with E-state index in [2.05, 4.69) is 31.1 Å². The van der Waals surface area contributed by atoms with E-state index in [0.717, 1.165) is 10.9 Å². The molecular weight excluding hydrogens is 293 g/mol. The van der Waals surface area contributed by atoms with Gasteiger partial charge in [0.05, 0.1) is 0 Å². The van der Waals surface area contributed by atoms with E-state index < -0.39 is 0 Å². The molecular formula is C10H9BrClN3O. The van der Waals surface area contributed by atoms with Gasteiger partial charge in [-0.1, -0.05) is 5.16 Å². The molecule has 2 rings (SSSR count). The highest BCUT2D eigenvalue weighted by Gasteiger charge is 2.08. The zero-order chi connectivity index (χ0) is 11.4. The molecule has 0 amide bonds. The van der Waals surface area contributed by atoms with Crippen molar-refractivity contribution in [1.82, 2.24) is 15.1 Å². The molecule has 0 fully saturated rings. The van der Waals surface area contributed by atoms with Crippen LogP contribution in [0.4, 0.5) is 0 Å². The number of nitrogens with zero attached hydrogens (tertiary/aromatic N) is 3. The second-order valence-corrected chi connectivity index (χ2v) is 4.46. The van der Waals surface area contributed by atoms with Crippen LogP contribution in [0.25, 0.3) is 11.5 Å². The van der Waals surface area contributed by atoms with Crippen molar-refractivity contribution in [2.75, 3.05) is 5.88 Å². The van der Waals surface area contributed by atoms with Gasteiger partial charge in [0, 0.05) is 23.0 Å². The lowest BCUT2D eigenvalue weighted by Crippen LogP contribution is -1.88. The van der Waals surface area contributed by atoms with Crippen LogP contribution >= 0.6 is 27.5 Å². The number of alkyl halides is 1. The van der Waals surface area contributed by atoms with Gasteiger partial charge in [0.2, 0.25) is 11.7 Å². The summed E-state index contributed by atoms with van der Waals surface area (Å²) in [5.74, 6) is 1.70. The second kappa shape index (κ2) is 5.41. The van der Waals surface area contributed by atoms with Gasteiger partial charge in [-0.25, -0.2) is 0 Å². The van der Waals surface area contributed by atoms with Crippen LogP contribution in [0.3, 0.4) is 0 Å². The molecule has 84 valence electrons. The minimum atomic E-state index is 0.511. The van der Waals surface area contributed by atoms with Crippen molar-refractivity contribution in [3.05, 3.63) is 28.7 Å². The van der Waals surface area contributed by atoms with Crippen molar-refractivity contribution in [3.8, 4) is 11.5 Å². The van der Waals surface area contributed by atoms with Crippen molar-refractivity contribution < 1.29 is 4.52 Å². The highest BCUT2D eigenvalue weighted by Crippen LogP contribution is 2.16. The Morgan fingerprint density at radius 3 is 2.94 bits per heavy atom. The lowest BCUT2D eigenvalue weighted by Gasteiger charge is -1.92. The van der Waals surface area contributed by atoms with Gasteiger partial charge in [-0.2, -0.15) is 4.98 Å². The minimum Gasteiger partial charge on any atom is -0.339 e. The number of rotatable bonds is 4. The minimum absolute atomic E-state index is 0.511. The first kappa shape index (κ1) is 11.5. The molecule has 2 aromatic rings. The number of aromatic nitrogens is 3. The van der Waals surface area contributed by atoms with Gasteiger partial charge >= 0.3 is 0 Å². The molecule has 0 spiro atoms. The first-order valence-corrected chi connectivity index (χ1v) is 6.13. The smallest absolute Gasteiger partial charge is 0.227 e.